The van der Waals surface area contributed by atoms with Crippen LogP contribution in [0, 0.1) is 5.92 Å². The molecule has 0 aromatic heterocycles. The van der Waals surface area contributed by atoms with Gasteiger partial charge in [-0.25, -0.2) is 0 Å². The van der Waals surface area contributed by atoms with Gasteiger partial charge in [0, 0.05) is 0 Å². The minimum Gasteiger partial charge on any atom is -0.394 e. The normalized spacial score (nSPS) is 29.4. The minimum atomic E-state index is -1.14. The molecule has 0 aromatic carbocycles. The van der Waals surface area contributed by atoms with Crippen molar-refractivity contribution in [2.75, 3.05) is 13.2 Å². The Morgan fingerprint density at radius 2 is 1.40 bits per heavy atom. The van der Waals surface area contributed by atoms with Crippen molar-refractivity contribution in [3.05, 3.63) is 0 Å². The van der Waals surface area contributed by atoms with Crippen molar-refractivity contribution in [2.24, 2.45) is 5.92 Å². The van der Waals surface area contributed by atoms with Crippen molar-refractivity contribution in [3.8, 4) is 0 Å². The van der Waals surface area contributed by atoms with Gasteiger partial charge in [0.25, 0.3) is 0 Å². The Morgan fingerprint density at radius 3 is 1.85 bits per heavy atom. The lowest BCUT2D eigenvalue weighted by Crippen LogP contribution is -2.54. The number of carbonyl (C=O) groups is 3. The van der Waals surface area contributed by atoms with Gasteiger partial charge in [-0.1, -0.05) is 20.3 Å². The van der Waals surface area contributed by atoms with E-state index in [2.05, 4.69) is 16.0 Å². The fraction of sp³-hybridized carbons (Fsp3) is 0.750. The molecule has 0 aliphatic carbocycles. The molecule has 0 saturated carbocycles. The summed E-state index contributed by atoms with van der Waals surface area (Å²) in [7, 11) is 0. The van der Waals surface area contributed by atoms with Crippen molar-refractivity contribution >= 4 is 17.7 Å². The lowest BCUT2D eigenvalue weighted by molar-refractivity contribution is -0.131. The van der Waals surface area contributed by atoms with E-state index in [1.54, 1.807) is 6.92 Å². The monoisotopic (exact) mass is 287 g/mol. The van der Waals surface area contributed by atoms with E-state index in [-0.39, 0.29) is 5.92 Å². The van der Waals surface area contributed by atoms with Gasteiger partial charge in [0.2, 0.25) is 17.7 Å². The van der Waals surface area contributed by atoms with Gasteiger partial charge >= 0.3 is 0 Å². The smallest absolute Gasteiger partial charge is 0.245 e. The molecule has 4 unspecified atom stereocenters. The van der Waals surface area contributed by atoms with Crippen LogP contribution < -0.4 is 16.0 Å². The van der Waals surface area contributed by atoms with Crippen LogP contribution in [-0.4, -0.2) is 59.3 Å². The van der Waals surface area contributed by atoms with Crippen molar-refractivity contribution in [1.82, 2.24) is 16.0 Å². The van der Waals surface area contributed by atoms with Crippen LogP contribution in [0.25, 0.3) is 0 Å². The molecule has 1 fully saturated rings. The van der Waals surface area contributed by atoms with E-state index in [1.165, 1.54) is 0 Å². The van der Waals surface area contributed by atoms with Crippen molar-refractivity contribution in [1.29, 1.82) is 0 Å². The summed E-state index contributed by atoms with van der Waals surface area (Å²) in [5.41, 5.74) is 0. The van der Waals surface area contributed by atoms with Gasteiger partial charge < -0.3 is 26.2 Å². The number of carbonyl (C=O) groups excluding carboxylic acids is 3. The molecule has 114 valence electrons. The molecule has 0 spiro atoms. The van der Waals surface area contributed by atoms with Crippen molar-refractivity contribution in [2.45, 2.75) is 38.4 Å². The molecule has 8 nitrogen and oxygen atoms in total. The first-order valence-corrected chi connectivity index (χ1v) is 6.57. The van der Waals surface area contributed by atoms with Gasteiger partial charge in [0.1, 0.15) is 18.1 Å². The number of nitrogens with one attached hydrogen (secondary N) is 3. The average Bonchev–Trinajstić information content (AvgIpc) is 2.49. The van der Waals surface area contributed by atoms with E-state index in [4.69, 9.17) is 10.2 Å². The summed E-state index contributed by atoms with van der Waals surface area (Å²) in [5, 5.41) is 25.5. The van der Waals surface area contributed by atoms with Gasteiger partial charge in [-0.05, 0) is 5.92 Å². The molecular formula is C12H21N3O5. The van der Waals surface area contributed by atoms with E-state index in [1.807, 2.05) is 6.92 Å². The van der Waals surface area contributed by atoms with E-state index in [0.29, 0.717) is 6.42 Å². The van der Waals surface area contributed by atoms with Crippen LogP contribution in [0.4, 0.5) is 0 Å². The van der Waals surface area contributed by atoms with Crippen LogP contribution in [0.3, 0.4) is 0 Å². The number of aliphatic hydroxyl groups excluding tert-OH is 2. The molecular weight excluding hydrogens is 266 g/mol. The van der Waals surface area contributed by atoms with Crippen LogP contribution in [-0.2, 0) is 14.4 Å². The number of aliphatic hydroxyl groups is 2. The highest BCUT2D eigenvalue weighted by molar-refractivity contribution is 5.97. The van der Waals surface area contributed by atoms with Crippen molar-refractivity contribution in [3.63, 3.8) is 0 Å². The Labute approximate surface area is 116 Å². The Hall–Kier alpha value is -1.67. The summed E-state index contributed by atoms with van der Waals surface area (Å²) >= 11 is 0. The molecule has 1 saturated heterocycles. The summed E-state index contributed by atoms with van der Waals surface area (Å²) in [4.78, 5) is 35.8. The SMILES string of the molecule is CCC(C)C1NC(=O)C(CO)NC(=O)C(CO)NC1=O. The molecule has 3 amide bonds. The lowest BCUT2D eigenvalue weighted by atomic mass is 9.98. The lowest BCUT2D eigenvalue weighted by Gasteiger charge is -2.24. The van der Waals surface area contributed by atoms with Crippen LogP contribution >= 0.6 is 0 Å². The van der Waals surface area contributed by atoms with E-state index < -0.39 is 49.1 Å². The second-order valence-corrected chi connectivity index (χ2v) is 4.86. The molecule has 0 bridgehead atoms. The highest BCUT2D eigenvalue weighted by Gasteiger charge is 2.34. The van der Waals surface area contributed by atoms with Crippen LogP contribution in [0.1, 0.15) is 20.3 Å². The highest BCUT2D eigenvalue weighted by Crippen LogP contribution is 2.09. The Bertz CT molecular complexity index is 385. The van der Waals surface area contributed by atoms with Crippen LogP contribution in [0.2, 0.25) is 0 Å². The second-order valence-electron chi connectivity index (χ2n) is 4.86. The summed E-state index contributed by atoms with van der Waals surface area (Å²) in [6.07, 6.45) is 0.646. The van der Waals surface area contributed by atoms with Crippen molar-refractivity contribution < 1.29 is 24.6 Å². The van der Waals surface area contributed by atoms with Gasteiger partial charge in [-0.15, -0.1) is 0 Å². The molecule has 4 atom stereocenters. The van der Waals surface area contributed by atoms with Gasteiger partial charge in [-0.3, -0.25) is 14.4 Å². The van der Waals surface area contributed by atoms with Gasteiger partial charge in [-0.2, -0.15) is 0 Å². The maximum Gasteiger partial charge on any atom is 0.245 e. The van der Waals surface area contributed by atoms with Gasteiger partial charge in [0.05, 0.1) is 13.2 Å². The third kappa shape index (κ3) is 3.67. The first kappa shape index (κ1) is 16.4. The van der Waals surface area contributed by atoms with Crippen LogP contribution in [0.5, 0.6) is 0 Å². The molecule has 0 aromatic rings. The largest absolute Gasteiger partial charge is 0.394 e. The quantitative estimate of drug-likeness (QED) is 0.390. The first-order chi connectivity index (χ1) is 9.44. The predicted octanol–water partition coefficient (Wildman–Crippen LogP) is -2.51. The molecule has 8 heteroatoms. The minimum absolute atomic E-state index is 0.147. The molecule has 1 heterocycles. The molecule has 1 rings (SSSR count). The van der Waals surface area contributed by atoms with E-state index in [9.17, 15) is 14.4 Å². The second kappa shape index (κ2) is 7.20. The predicted molar refractivity (Wildman–Crippen MR) is 69.4 cm³/mol. The highest BCUT2D eigenvalue weighted by atomic mass is 16.3. The topological polar surface area (TPSA) is 128 Å². The fourth-order valence-corrected chi connectivity index (χ4v) is 1.88. The Morgan fingerprint density at radius 1 is 0.950 bits per heavy atom. The first-order valence-electron chi connectivity index (χ1n) is 6.57. The van der Waals surface area contributed by atoms with E-state index >= 15 is 0 Å². The number of hydrogen-bond acceptors (Lipinski definition) is 5. The van der Waals surface area contributed by atoms with Gasteiger partial charge in [0.15, 0.2) is 0 Å². The molecule has 5 N–H and O–H groups in total. The molecule has 0 radical (unpaired) electrons. The summed E-state index contributed by atoms with van der Waals surface area (Å²) in [6.45, 7) is 2.49. The Balaban J connectivity index is 3.04. The van der Waals surface area contributed by atoms with Crippen LogP contribution in [0.15, 0.2) is 0 Å². The molecule has 1 aliphatic heterocycles. The third-order valence-electron chi connectivity index (χ3n) is 3.42. The molecule has 20 heavy (non-hydrogen) atoms. The maximum atomic E-state index is 12.1. The zero-order valence-corrected chi connectivity index (χ0v) is 11.5. The van der Waals surface area contributed by atoms with E-state index in [0.717, 1.165) is 0 Å². The molecule has 1 aliphatic rings. The zero-order chi connectivity index (χ0) is 15.3. The zero-order valence-electron chi connectivity index (χ0n) is 11.5. The summed E-state index contributed by atoms with van der Waals surface area (Å²) in [5.74, 6) is -2.01. The number of hydrogen-bond donors (Lipinski definition) is 5. The maximum absolute atomic E-state index is 12.1. The third-order valence-corrected chi connectivity index (χ3v) is 3.42. The number of amides is 3. The Kier molecular flexibility index (Phi) is 5.90. The standard InChI is InChI=1S/C12H21N3O5/c1-3-6(2)9-12(20)14-7(4-16)10(18)13-8(5-17)11(19)15-9/h6-9,16-17H,3-5H2,1-2H3,(H,13,18)(H,14,20)(H,15,19). The fourth-order valence-electron chi connectivity index (χ4n) is 1.88. The summed E-state index contributed by atoms with van der Waals surface area (Å²) < 4.78 is 0. The number of rotatable bonds is 4. The average molecular weight is 287 g/mol. The summed E-state index contributed by atoms with van der Waals surface area (Å²) in [6, 6.07) is -3.10.